The Morgan fingerprint density at radius 1 is 1.42 bits per heavy atom. The molecule has 8 heteroatoms. The number of hydrogen-bond donors (Lipinski definition) is 0. The molecule has 0 fully saturated rings. The molecule has 0 N–H and O–H groups in total. The molecule has 0 amide bonds. The lowest BCUT2D eigenvalue weighted by molar-refractivity contribution is 0.102. The van der Waals surface area contributed by atoms with Crippen molar-refractivity contribution in [2.24, 2.45) is 0 Å². The fraction of sp³-hybridized carbons (Fsp3) is 0.389. The Labute approximate surface area is 165 Å². The summed E-state index contributed by atoms with van der Waals surface area (Å²) < 4.78 is 6.74. The lowest BCUT2D eigenvalue weighted by Gasteiger charge is -2.13. The Hall–Kier alpha value is -1.28. The largest absolute Gasteiger partial charge is 0.383 e. The van der Waals surface area contributed by atoms with Gasteiger partial charge >= 0.3 is 0 Å². The van der Waals surface area contributed by atoms with Crippen molar-refractivity contribution in [1.82, 2.24) is 9.55 Å². The van der Waals surface area contributed by atoms with E-state index >= 15 is 0 Å². The molecule has 0 saturated heterocycles. The molecule has 0 saturated carbocycles. The molecular weight excluding hydrogens is 392 g/mol. The predicted octanol–water partition coefficient (Wildman–Crippen LogP) is 3.55. The smallest absolute Gasteiger partial charge is 0.268 e. The molecule has 1 atom stereocenters. The van der Waals surface area contributed by atoms with E-state index in [-0.39, 0.29) is 17.1 Å². The van der Waals surface area contributed by atoms with Crippen LogP contribution in [0.2, 0.25) is 5.02 Å². The van der Waals surface area contributed by atoms with Crippen molar-refractivity contribution < 1.29 is 9.53 Å². The van der Waals surface area contributed by atoms with Gasteiger partial charge < -0.3 is 4.74 Å². The number of aromatic nitrogens is 2. The minimum Gasteiger partial charge on any atom is -0.383 e. The molecule has 0 aliphatic carbocycles. The second kappa shape index (κ2) is 8.61. The molecule has 1 aliphatic heterocycles. The van der Waals surface area contributed by atoms with E-state index in [1.54, 1.807) is 47.7 Å². The van der Waals surface area contributed by atoms with Crippen LogP contribution in [0.15, 0.2) is 39.1 Å². The highest BCUT2D eigenvalue weighted by Gasteiger charge is 2.26. The van der Waals surface area contributed by atoms with E-state index in [0.29, 0.717) is 34.1 Å². The second-order valence-electron chi connectivity index (χ2n) is 5.97. The SMILES string of the molecule is COCCn1c(SCC(=O)c2ccc(Cl)cc2)nc2c(c1=O)SC(C)C2. The van der Waals surface area contributed by atoms with E-state index in [1.165, 1.54) is 11.8 Å². The Morgan fingerprint density at radius 2 is 2.15 bits per heavy atom. The van der Waals surface area contributed by atoms with Crippen LogP contribution >= 0.6 is 35.1 Å². The maximum atomic E-state index is 12.8. The summed E-state index contributed by atoms with van der Waals surface area (Å²) in [4.78, 5) is 30.6. The van der Waals surface area contributed by atoms with Crippen molar-refractivity contribution in [2.75, 3.05) is 19.5 Å². The topological polar surface area (TPSA) is 61.2 Å². The molecule has 0 spiro atoms. The van der Waals surface area contributed by atoms with E-state index < -0.39 is 0 Å². The summed E-state index contributed by atoms with van der Waals surface area (Å²) in [5.74, 6) is 0.185. The van der Waals surface area contributed by atoms with Crippen molar-refractivity contribution in [3.63, 3.8) is 0 Å². The summed E-state index contributed by atoms with van der Waals surface area (Å²) in [6.07, 6.45) is 0.777. The molecule has 3 rings (SSSR count). The minimum absolute atomic E-state index is 0.0255. The molecule has 1 aliphatic rings. The molecule has 26 heavy (non-hydrogen) atoms. The van der Waals surface area contributed by atoms with Gasteiger partial charge in [0.25, 0.3) is 5.56 Å². The highest BCUT2D eigenvalue weighted by atomic mass is 35.5. The first kappa shape index (κ1) is 19.5. The van der Waals surface area contributed by atoms with Gasteiger partial charge in [0.05, 0.1) is 29.5 Å². The van der Waals surface area contributed by atoms with Crippen molar-refractivity contribution in [1.29, 1.82) is 0 Å². The van der Waals surface area contributed by atoms with E-state index in [9.17, 15) is 9.59 Å². The number of thioether (sulfide) groups is 2. The third kappa shape index (κ3) is 4.34. The van der Waals surface area contributed by atoms with Gasteiger partial charge in [0.15, 0.2) is 10.9 Å². The first-order chi connectivity index (χ1) is 12.5. The summed E-state index contributed by atoms with van der Waals surface area (Å²) in [6.45, 7) is 2.92. The number of rotatable bonds is 7. The molecule has 0 bridgehead atoms. The number of nitrogens with zero attached hydrogens (tertiary/aromatic N) is 2. The van der Waals surface area contributed by atoms with E-state index in [0.717, 1.165) is 17.0 Å². The van der Waals surface area contributed by atoms with Crippen molar-refractivity contribution in [3.05, 3.63) is 50.9 Å². The lowest BCUT2D eigenvalue weighted by Crippen LogP contribution is -2.27. The van der Waals surface area contributed by atoms with Crippen LogP contribution in [-0.2, 0) is 17.7 Å². The minimum atomic E-state index is -0.0390. The molecule has 1 aromatic heterocycles. The number of ketones is 1. The zero-order valence-corrected chi connectivity index (χ0v) is 16.9. The number of hydrogen-bond acceptors (Lipinski definition) is 6. The summed E-state index contributed by atoms with van der Waals surface area (Å²) in [7, 11) is 1.60. The van der Waals surface area contributed by atoms with Crippen molar-refractivity contribution in [3.8, 4) is 0 Å². The fourth-order valence-electron chi connectivity index (χ4n) is 2.67. The normalized spacial score (nSPS) is 15.9. The highest BCUT2D eigenvalue weighted by Crippen LogP contribution is 2.34. The lowest BCUT2D eigenvalue weighted by atomic mass is 10.1. The number of halogens is 1. The van der Waals surface area contributed by atoms with Gasteiger partial charge in [-0.25, -0.2) is 4.98 Å². The van der Waals surface area contributed by atoms with Gasteiger partial charge in [0, 0.05) is 29.4 Å². The van der Waals surface area contributed by atoms with Crippen LogP contribution in [0.1, 0.15) is 23.0 Å². The van der Waals surface area contributed by atoms with Gasteiger partial charge in [-0.15, -0.1) is 11.8 Å². The van der Waals surface area contributed by atoms with E-state index in [1.807, 2.05) is 0 Å². The molecule has 2 aromatic rings. The quantitative estimate of drug-likeness (QED) is 0.395. The maximum Gasteiger partial charge on any atom is 0.268 e. The molecule has 0 radical (unpaired) electrons. The molecule has 138 valence electrons. The van der Waals surface area contributed by atoms with Crippen LogP contribution in [0.25, 0.3) is 0 Å². The average molecular weight is 411 g/mol. The maximum absolute atomic E-state index is 12.8. The van der Waals surface area contributed by atoms with Gasteiger partial charge in [-0.2, -0.15) is 0 Å². The zero-order chi connectivity index (χ0) is 18.7. The first-order valence-electron chi connectivity index (χ1n) is 8.20. The monoisotopic (exact) mass is 410 g/mol. The number of ether oxygens (including phenoxy) is 1. The van der Waals surface area contributed by atoms with Crippen LogP contribution in [-0.4, -0.2) is 40.1 Å². The van der Waals surface area contributed by atoms with Crippen molar-refractivity contribution >= 4 is 40.9 Å². The Balaban J connectivity index is 1.83. The van der Waals surface area contributed by atoms with Crippen LogP contribution in [0.5, 0.6) is 0 Å². The Bertz CT molecular complexity index is 868. The second-order valence-corrected chi connectivity index (χ2v) is 8.80. The number of fused-ring (bicyclic) bond motifs is 1. The number of Topliss-reactive ketones (excluding diaryl/α,β-unsaturated/α-hetero) is 1. The third-order valence-electron chi connectivity index (χ3n) is 3.98. The fourth-order valence-corrected chi connectivity index (χ4v) is 4.85. The summed E-state index contributed by atoms with van der Waals surface area (Å²) in [5.41, 5.74) is 1.39. The molecule has 2 heterocycles. The Kier molecular flexibility index (Phi) is 6.45. The number of benzene rings is 1. The standard InChI is InChI=1S/C18H19ClN2O3S2/c1-11-9-14-16(26-11)17(23)21(7-8-24-2)18(20-14)25-10-15(22)12-3-5-13(19)6-4-12/h3-6,11H,7-10H2,1-2H3. The average Bonchev–Trinajstić information content (AvgIpc) is 3.00. The van der Waals surface area contributed by atoms with E-state index in [2.05, 4.69) is 11.9 Å². The zero-order valence-electron chi connectivity index (χ0n) is 14.5. The van der Waals surface area contributed by atoms with Gasteiger partial charge in [0.1, 0.15) is 0 Å². The number of methoxy groups -OCH3 is 1. The van der Waals surface area contributed by atoms with Gasteiger partial charge in [0.2, 0.25) is 0 Å². The van der Waals surface area contributed by atoms with E-state index in [4.69, 9.17) is 16.3 Å². The highest BCUT2D eigenvalue weighted by molar-refractivity contribution is 8.00. The van der Waals surface area contributed by atoms with Gasteiger partial charge in [-0.05, 0) is 24.3 Å². The van der Waals surface area contributed by atoms with Crippen LogP contribution in [0.3, 0.4) is 0 Å². The summed E-state index contributed by atoms with van der Waals surface area (Å²) in [6, 6.07) is 6.80. The van der Waals surface area contributed by atoms with Crippen molar-refractivity contribution in [2.45, 2.75) is 35.2 Å². The number of carbonyl (C=O) groups excluding carboxylic acids is 1. The predicted molar refractivity (Wildman–Crippen MR) is 106 cm³/mol. The first-order valence-corrected chi connectivity index (χ1v) is 10.4. The van der Waals surface area contributed by atoms with Crippen LogP contribution < -0.4 is 5.56 Å². The van der Waals surface area contributed by atoms with Crippen LogP contribution in [0, 0.1) is 0 Å². The number of carbonyl (C=O) groups is 1. The molecule has 1 aromatic carbocycles. The molecule has 1 unspecified atom stereocenters. The summed E-state index contributed by atoms with van der Waals surface area (Å²) in [5, 5.41) is 1.51. The Morgan fingerprint density at radius 3 is 2.85 bits per heavy atom. The third-order valence-corrected chi connectivity index (χ3v) is 6.42. The summed E-state index contributed by atoms with van der Waals surface area (Å²) >= 11 is 8.73. The van der Waals surface area contributed by atoms with Gasteiger partial charge in [-0.3, -0.25) is 14.2 Å². The molecule has 5 nitrogen and oxygen atoms in total. The molecular formula is C18H19ClN2O3S2. The van der Waals surface area contributed by atoms with Gasteiger partial charge in [-0.1, -0.05) is 30.3 Å². The van der Waals surface area contributed by atoms with Crippen LogP contribution in [0.4, 0.5) is 0 Å².